The summed E-state index contributed by atoms with van der Waals surface area (Å²) in [6.45, 7) is 17.0. The summed E-state index contributed by atoms with van der Waals surface area (Å²) in [5.74, 6) is 0.547. The number of carbonyl (C=O) groups excluding carboxylic acids is 1. The summed E-state index contributed by atoms with van der Waals surface area (Å²) in [6, 6.07) is 18.6. The van der Waals surface area contributed by atoms with Gasteiger partial charge >= 0.3 is 0 Å². The number of fused-ring (bicyclic) bond motifs is 2. The topological polar surface area (TPSA) is 50.2 Å². The number of hydrogen-bond acceptors (Lipinski definition) is 4. The summed E-state index contributed by atoms with van der Waals surface area (Å²) in [7, 11) is 0. The molecule has 2 aromatic carbocycles. The van der Waals surface area contributed by atoms with Crippen molar-refractivity contribution in [1.29, 1.82) is 0 Å². The minimum Gasteiger partial charge on any atom is -0.512 e. The molecule has 0 spiro atoms. The second kappa shape index (κ2) is 15.1. The van der Waals surface area contributed by atoms with Crippen molar-refractivity contribution in [3.63, 3.8) is 0 Å². The molecule has 0 aliphatic carbocycles. The molecule has 1 radical (unpaired) electrons. The minimum absolute atomic E-state index is 0. The van der Waals surface area contributed by atoms with Crippen LogP contribution in [-0.4, -0.2) is 15.9 Å². The molecule has 217 valence electrons. The first-order valence-electron chi connectivity index (χ1n) is 14.3. The van der Waals surface area contributed by atoms with E-state index in [1.165, 1.54) is 28.0 Å². The number of carbonyl (C=O) groups is 1. The van der Waals surface area contributed by atoms with Gasteiger partial charge in [-0.1, -0.05) is 89.7 Å². The van der Waals surface area contributed by atoms with Gasteiger partial charge in [-0.3, -0.25) is 9.78 Å². The Morgan fingerprint density at radius 3 is 2.20 bits per heavy atom. The van der Waals surface area contributed by atoms with Crippen molar-refractivity contribution in [1.82, 2.24) is 4.98 Å². The van der Waals surface area contributed by atoms with E-state index in [1.54, 1.807) is 11.3 Å². The van der Waals surface area contributed by atoms with Gasteiger partial charge < -0.3 is 5.11 Å². The van der Waals surface area contributed by atoms with Crippen LogP contribution in [0.2, 0.25) is 0 Å². The van der Waals surface area contributed by atoms with Crippen LogP contribution in [0.25, 0.3) is 32.2 Å². The predicted octanol–water partition coefficient (Wildman–Crippen LogP) is 10.4. The van der Waals surface area contributed by atoms with Crippen molar-refractivity contribution >= 4 is 38.1 Å². The maximum Gasteiger partial charge on any atom is 0.162 e. The second-order valence-electron chi connectivity index (χ2n) is 11.4. The van der Waals surface area contributed by atoms with Crippen LogP contribution in [0.5, 0.6) is 0 Å². The Kier molecular flexibility index (Phi) is 12.7. The molecule has 0 saturated heterocycles. The van der Waals surface area contributed by atoms with E-state index in [9.17, 15) is 9.90 Å². The fourth-order valence-corrected chi connectivity index (χ4v) is 5.88. The van der Waals surface area contributed by atoms with Crippen LogP contribution in [0, 0.1) is 24.8 Å². The molecule has 0 fully saturated rings. The van der Waals surface area contributed by atoms with Crippen molar-refractivity contribution in [2.24, 2.45) is 11.8 Å². The fourth-order valence-electron chi connectivity index (χ4n) is 4.96. The van der Waals surface area contributed by atoms with Crippen molar-refractivity contribution in [3.8, 4) is 11.3 Å². The van der Waals surface area contributed by atoms with Gasteiger partial charge in [-0.2, -0.15) is 0 Å². The zero-order valence-corrected chi connectivity index (χ0v) is 28.4. The summed E-state index contributed by atoms with van der Waals surface area (Å²) in [5.41, 5.74) is 4.79. The third-order valence-electron chi connectivity index (χ3n) is 7.57. The van der Waals surface area contributed by atoms with Gasteiger partial charge in [0.15, 0.2) is 5.78 Å². The van der Waals surface area contributed by atoms with E-state index >= 15 is 0 Å². The maximum absolute atomic E-state index is 11.7. The second-order valence-corrected chi connectivity index (χ2v) is 12.2. The van der Waals surface area contributed by atoms with Crippen LogP contribution < -0.4 is 0 Å². The van der Waals surface area contributed by atoms with E-state index in [4.69, 9.17) is 4.98 Å². The average Bonchev–Trinajstić information content (AvgIpc) is 3.29. The zero-order chi connectivity index (χ0) is 28.7. The molecule has 4 rings (SSSR count). The number of nitrogens with zero attached hydrogens (tertiary/aromatic N) is 1. The van der Waals surface area contributed by atoms with Crippen LogP contribution in [0.4, 0.5) is 0 Å². The van der Waals surface area contributed by atoms with Gasteiger partial charge in [-0.15, -0.1) is 40.5 Å². The van der Waals surface area contributed by atoms with Crippen LogP contribution in [0.1, 0.15) is 85.3 Å². The summed E-state index contributed by atoms with van der Waals surface area (Å²) < 4.78 is 0. The number of aryl methyl sites for hydroxylation is 1. The molecule has 0 aliphatic heterocycles. The summed E-state index contributed by atoms with van der Waals surface area (Å²) in [5, 5.41) is 15.6. The molecule has 1 N–H and O–H groups in total. The van der Waals surface area contributed by atoms with Crippen LogP contribution in [0.3, 0.4) is 0 Å². The average molecular weight is 735 g/mol. The van der Waals surface area contributed by atoms with Crippen molar-refractivity contribution in [3.05, 3.63) is 76.9 Å². The number of allylic oxidation sites excluding steroid dienone is 2. The number of aliphatic hydroxyl groups excluding tert-OH is 1. The van der Waals surface area contributed by atoms with E-state index in [0.29, 0.717) is 0 Å². The molecule has 40 heavy (non-hydrogen) atoms. The molecular weight excluding hydrogens is 691 g/mol. The largest absolute Gasteiger partial charge is 0.512 e. The molecule has 0 atom stereocenters. The Balaban J connectivity index is 0.000000307. The normalized spacial score (nSPS) is 12.0. The molecule has 0 saturated carbocycles. The maximum atomic E-state index is 11.7. The first kappa shape index (κ1) is 33.9. The third kappa shape index (κ3) is 8.12. The third-order valence-corrected chi connectivity index (χ3v) is 8.58. The Morgan fingerprint density at radius 1 is 0.975 bits per heavy atom. The Morgan fingerprint density at radius 2 is 1.60 bits per heavy atom. The molecule has 5 heteroatoms. The number of ketones is 1. The van der Waals surface area contributed by atoms with Crippen LogP contribution in [-0.2, 0) is 30.3 Å². The first-order valence-corrected chi connectivity index (χ1v) is 15.2. The molecule has 2 aromatic heterocycles. The van der Waals surface area contributed by atoms with Crippen LogP contribution in [0.15, 0.2) is 59.7 Å². The van der Waals surface area contributed by atoms with Crippen molar-refractivity contribution < 1.29 is 30.0 Å². The van der Waals surface area contributed by atoms with E-state index in [1.807, 2.05) is 27.7 Å². The summed E-state index contributed by atoms with van der Waals surface area (Å²) in [6.07, 6.45) is 4.91. The predicted molar refractivity (Wildman–Crippen MR) is 169 cm³/mol. The van der Waals surface area contributed by atoms with E-state index in [0.717, 1.165) is 47.2 Å². The molecular formula is C35H44IrNO2S-. The summed E-state index contributed by atoms with van der Waals surface area (Å²) in [4.78, 5) is 17.7. The number of thiophene rings is 1. The van der Waals surface area contributed by atoms with Crippen LogP contribution >= 0.6 is 11.3 Å². The number of pyridine rings is 1. The van der Waals surface area contributed by atoms with Gasteiger partial charge in [0.2, 0.25) is 0 Å². The Hall–Kier alpha value is -2.33. The Bertz CT molecular complexity index is 1440. The number of rotatable bonds is 8. The number of aromatic nitrogens is 1. The fraction of sp³-hybridized carbons (Fsp3) is 0.429. The van der Waals surface area contributed by atoms with Gasteiger partial charge in [0, 0.05) is 49.1 Å². The molecule has 0 unspecified atom stereocenters. The van der Waals surface area contributed by atoms with E-state index < -0.39 is 0 Å². The molecule has 0 amide bonds. The summed E-state index contributed by atoms with van der Waals surface area (Å²) >= 11 is 1.71. The minimum atomic E-state index is 0. The van der Waals surface area contributed by atoms with E-state index in [-0.39, 0.29) is 48.9 Å². The monoisotopic (exact) mass is 735 g/mol. The molecule has 0 bridgehead atoms. The Labute approximate surface area is 258 Å². The molecule has 4 aromatic rings. The molecule has 0 aliphatic rings. The van der Waals surface area contributed by atoms with Crippen molar-refractivity contribution in [2.75, 3.05) is 0 Å². The van der Waals surface area contributed by atoms with Crippen molar-refractivity contribution in [2.45, 2.75) is 86.5 Å². The zero-order valence-electron chi connectivity index (χ0n) is 25.2. The number of aliphatic hydroxyl groups is 1. The van der Waals surface area contributed by atoms with Gasteiger partial charge in [0.25, 0.3) is 0 Å². The number of benzene rings is 2. The molecule has 2 heterocycles. The standard InChI is InChI=1S/C22H20NS.C13H24O2.Ir/c1-14-13-24-21-17(14)9-10-20(23-21)16-11-15-7-5-6-8-18(15)19(12-16)22(2,3)4;1-5-10(6-2)12(14)9-13(15)11(7-3)8-4;/h5-10,12-13H,1-4H3;9-11,14H,5-8H2,1-4H3;/q-1;;/b;12-9-;. The van der Waals surface area contributed by atoms with E-state index in [2.05, 4.69) is 81.6 Å². The van der Waals surface area contributed by atoms with Gasteiger partial charge in [-0.05, 0) is 49.0 Å². The van der Waals surface area contributed by atoms with Gasteiger partial charge in [0.05, 0.1) is 5.76 Å². The first-order chi connectivity index (χ1) is 18.5. The smallest absolute Gasteiger partial charge is 0.162 e. The SMILES string of the molecule is CCC(CC)C(=O)/C=C(\O)C(CC)CC.Cc1csc2nc(-c3[c-]c4ccccc4c(C(C)(C)C)c3)ccc12.[Ir]. The van der Waals surface area contributed by atoms with Gasteiger partial charge in [-0.25, -0.2) is 0 Å². The molecule has 3 nitrogen and oxygen atoms in total. The quantitative estimate of drug-likeness (QED) is 0.111. The van der Waals surface area contributed by atoms with Gasteiger partial charge in [0.1, 0.15) is 4.83 Å². The number of hydrogen-bond donors (Lipinski definition) is 1.